The van der Waals surface area contributed by atoms with Gasteiger partial charge in [0.2, 0.25) is 6.41 Å². The Morgan fingerprint density at radius 2 is 1.53 bits per heavy atom. The summed E-state index contributed by atoms with van der Waals surface area (Å²) in [6.07, 6.45) is 2.46. The van der Waals surface area contributed by atoms with Crippen LogP contribution in [-0.2, 0) is 14.9 Å². The molecule has 0 aliphatic rings. The molecule has 38 heavy (non-hydrogen) atoms. The van der Waals surface area contributed by atoms with Gasteiger partial charge in [-0.3, -0.25) is 4.79 Å². The fourth-order valence-electron chi connectivity index (χ4n) is 4.59. The molecule has 0 aliphatic carbocycles. The molecule has 0 atom stereocenters. The van der Waals surface area contributed by atoms with E-state index in [0.29, 0.717) is 17.7 Å². The lowest BCUT2D eigenvalue weighted by Crippen LogP contribution is -2.09. The van der Waals surface area contributed by atoms with Crippen molar-refractivity contribution in [3.63, 3.8) is 0 Å². The molecule has 4 aromatic carbocycles. The predicted octanol–water partition coefficient (Wildman–Crippen LogP) is 6.39. The number of benzene rings is 4. The van der Waals surface area contributed by atoms with Gasteiger partial charge >= 0.3 is 10.1 Å². The first kappa shape index (κ1) is 23.4. The number of anilines is 1. The third-order valence-corrected chi connectivity index (χ3v) is 7.58. The van der Waals surface area contributed by atoms with Crippen LogP contribution in [0, 0.1) is 0 Å². The summed E-state index contributed by atoms with van der Waals surface area (Å²) >= 11 is 0. The van der Waals surface area contributed by atoms with Gasteiger partial charge in [0.1, 0.15) is 16.3 Å². The Morgan fingerprint density at radius 3 is 2.24 bits per heavy atom. The molecule has 0 saturated heterocycles. The van der Waals surface area contributed by atoms with Gasteiger partial charge in [0.05, 0.1) is 0 Å². The van der Waals surface area contributed by atoms with Crippen LogP contribution in [0.2, 0.25) is 0 Å². The van der Waals surface area contributed by atoms with E-state index in [0.717, 1.165) is 38.5 Å². The third kappa shape index (κ3) is 4.27. The van der Waals surface area contributed by atoms with Crippen molar-refractivity contribution in [2.45, 2.75) is 4.90 Å². The number of fused-ring (bicyclic) bond motifs is 3. The van der Waals surface area contributed by atoms with Gasteiger partial charge in [-0.05, 0) is 53.6 Å². The number of nitrogens with zero attached hydrogens (tertiary/aromatic N) is 1. The second-order valence-electron chi connectivity index (χ2n) is 8.66. The minimum atomic E-state index is -4.00. The number of aromatic amines is 1. The second-order valence-corrected chi connectivity index (χ2v) is 10.2. The molecular formula is C30H21N3O4S. The maximum Gasteiger partial charge on any atom is 0.339 e. The van der Waals surface area contributed by atoms with Crippen LogP contribution < -0.4 is 9.50 Å². The van der Waals surface area contributed by atoms with E-state index in [4.69, 9.17) is 9.17 Å². The number of nitrogens with one attached hydrogen (secondary N) is 2. The van der Waals surface area contributed by atoms with Crippen molar-refractivity contribution < 1.29 is 17.4 Å². The number of hydrogen-bond acceptors (Lipinski definition) is 5. The van der Waals surface area contributed by atoms with Crippen molar-refractivity contribution in [1.82, 2.24) is 9.97 Å². The summed E-state index contributed by atoms with van der Waals surface area (Å²) in [5.74, 6) is 0.205. The first-order valence-electron chi connectivity index (χ1n) is 11.8. The zero-order valence-electron chi connectivity index (χ0n) is 20.0. The van der Waals surface area contributed by atoms with Crippen LogP contribution in [0.5, 0.6) is 5.75 Å². The first-order valence-corrected chi connectivity index (χ1v) is 13.2. The molecule has 0 radical (unpaired) electrons. The van der Waals surface area contributed by atoms with Crippen LogP contribution in [0.4, 0.5) is 5.69 Å². The number of aromatic nitrogens is 2. The Morgan fingerprint density at radius 1 is 0.816 bits per heavy atom. The van der Waals surface area contributed by atoms with Crippen molar-refractivity contribution in [1.29, 1.82) is 0 Å². The molecule has 1 amide bonds. The van der Waals surface area contributed by atoms with Crippen LogP contribution in [0.25, 0.3) is 44.2 Å². The van der Waals surface area contributed by atoms with E-state index < -0.39 is 10.1 Å². The Bertz CT molecular complexity index is 1880. The van der Waals surface area contributed by atoms with Crippen molar-refractivity contribution in [2.24, 2.45) is 0 Å². The van der Waals surface area contributed by atoms with Gasteiger partial charge in [0.25, 0.3) is 0 Å². The smallest absolute Gasteiger partial charge is 0.339 e. The molecular weight excluding hydrogens is 498 g/mol. The number of amides is 1. The summed E-state index contributed by atoms with van der Waals surface area (Å²) in [5, 5.41) is 4.29. The SMILES string of the molecule is O=CNc1ccc(-c2cnc3[nH]c4ccc(OS(=O)(=O)c5ccccc5)cc4c3c2-c2ccccc2)cc1. The summed E-state index contributed by atoms with van der Waals surface area (Å²) in [7, 11) is -4.00. The van der Waals surface area contributed by atoms with Gasteiger partial charge in [-0.25, -0.2) is 4.98 Å². The summed E-state index contributed by atoms with van der Waals surface area (Å²) in [4.78, 5) is 19.0. The monoisotopic (exact) mass is 519 g/mol. The maximum absolute atomic E-state index is 12.9. The third-order valence-electron chi connectivity index (χ3n) is 6.31. The predicted molar refractivity (Wildman–Crippen MR) is 148 cm³/mol. The molecule has 0 spiro atoms. The van der Waals surface area contributed by atoms with Gasteiger partial charge in [0.15, 0.2) is 0 Å². The molecule has 6 rings (SSSR count). The van der Waals surface area contributed by atoms with Crippen LogP contribution in [-0.4, -0.2) is 24.8 Å². The molecule has 6 aromatic rings. The molecule has 8 heteroatoms. The largest absolute Gasteiger partial charge is 0.379 e. The fourth-order valence-corrected chi connectivity index (χ4v) is 5.53. The molecule has 2 aromatic heterocycles. The van der Waals surface area contributed by atoms with Crippen molar-refractivity contribution in [3.05, 3.63) is 109 Å². The van der Waals surface area contributed by atoms with E-state index in [1.54, 1.807) is 36.4 Å². The lowest BCUT2D eigenvalue weighted by Gasteiger charge is -2.13. The number of H-pyrrole nitrogens is 1. The summed E-state index contributed by atoms with van der Waals surface area (Å²) < 4.78 is 31.3. The van der Waals surface area contributed by atoms with E-state index >= 15 is 0 Å². The van der Waals surface area contributed by atoms with Gasteiger partial charge in [-0.15, -0.1) is 0 Å². The number of carbonyl (C=O) groups is 1. The van der Waals surface area contributed by atoms with Gasteiger partial charge in [-0.1, -0.05) is 60.7 Å². The molecule has 7 nitrogen and oxygen atoms in total. The average Bonchev–Trinajstić information content (AvgIpc) is 3.32. The number of hydrogen-bond donors (Lipinski definition) is 2. The molecule has 186 valence electrons. The average molecular weight is 520 g/mol. The van der Waals surface area contributed by atoms with Gasteiger partial charge < -0.3 is 14.5 Å². The van der Waals surface area contributed by atoms with Gasteiger partial charge in [0, 0.05) is 39.3 Å². The molecule has 0 saturated carbocycles. The highest BCUT2D eigenvalue weighted by Gasteiger charge is 2.20. The van der Waals surface area contributed by atoms with Crippen molar-refractivity contribution in [3.8, 4) is 28.0 Å². The summed E-state index contributed by atoms with van der Waals surface area (Å²) in [5.41, 5.74) is 5.90. The number of pyridine rings is 1. The quantitative estimate of drug-likeness (QED) is 0.188. The second kappa shape index (κ2) is 9.49. The molecule has 2 heterocycles. The highest BCUT2D eigenvalue weighted by atomic mass is 32.2. The highest BCUT2D eigenvalue weighted by molar-refractivity contribution is 7.87. The molecule has 0 unspecified atom stereocenters. The Kier molecular flexibility index (Phi) is 5.86. The van der Waals surface area contributed by atoms with Crippen LogP contribution in [0.1, 0.15) is 0 Å². The van der Waals surface area contributed by atoms with E-state index in [2.05, 4.69) is 10.3 Å². The first-order chi connectivity index (χ1) is 18.5. The Balaban J connectivity index is 1.55. The number of rotatable bonds is 7. The van der Waals surface area contributed by atoms with E-state index in [9.17, 15) is 13.2 Å². The normalized spacial score (nSPS) is 11.5. The molecule has 0 aliphatic heterocycles. The van der Waals surface area contributed by atoms with E-state index in [-0.39, 0.29) is 10.6 Å². The lowest BCUT2D eigenvalue weighted by molar-refractivity contribution is -0.105. The van der Waals surface area contributed by atoms with E-state index in [1.165, 1.54) is 12.1 Å². The van der Waals surface area contributed by atoms with Crippen LogP contribution >= 0.6 is 0 Å². The Labute approximate surface area is 218 Å². The lowest BCUT2D eigenvalue weighted by atomic mass is 9.92. The van der Waals surface area contributed by atoms with Gasteiger partial charge in [-0.2, -0.15) is 8.42 Å². The minimum Gasteiger partial charge on any atom is -0.379 e. The molecule has 0 fully saturated rings. The van der Waals surface area contributed by atoms with Crippen molar-refractivity contribution >= 4 is 44.2 Å². The Hall–Kier alpha value is -4.95. The zero-order chi connectivity index (χ0) is 26.1. The molecule has 2 N–H and O–H groups in total. The number of carbonyl (C=O) groups excluding carboxylic acids is 1. The van der Waals surface area contributed by atoms with Crippen LogP contribution in [0.3, 0.4) is 0 Å². The maximum atomic E-state index is 12.9. The summed E-state index contributed by atoms with van der Waals surface area (Å²) in [6.45, 7) is 0. The summed E-state index contributed by atoms with van der Waals surface area (Å²) in [6, 6.07) is 30.7. The highest BCUT2D eigenvalue weighted by Crippen LogP contribution is 2.41. The molecule has 0 bridgehead atoms. The minimum absolute atomic E-state index is 0.0838. The zero-order valence-corrected chi connectivity index (χ0v) is 20.8. The standard InChI is InChI=1S/C30H21N3O4S/c34-19-32-22-13-11-20(12-14-22)26-18-31-30-29(28(26)21-7-3-1-4-8-21)25-17-23(15-16-27(25)33-30)37-38(35,36)24-9-5-2-6-10-24/h1-19H,(H,31,33)(H,32,34). The topological polar surface area (TPSA) is 101 Å². The van der Waals surface area contributed by atoms with E-state index in [1.807, 2.05) is 60.8 Å². The fraction of sp³-hybridized carbons (Fsp3) is 0. The van der Waals surface area contributed by atoms with Crippen LogP contribution in [0.15, 0.2) is 114 Å². The van der Waals surface area contributed by atoms with Crippen molar-refractivity contribution in [2.75, 3.05) is 5.32 Å².